The molecule has 0 fully saturated rings. The first kappa shape index (κ1) is 11.3. The van der Waals surface area contributed by atoms with E-state index >= 15 is 0 Å². The summed E-state index contributed by atoms with van der Waals surface area (Å²) in [5, 5.41) is 11.4. The highest BCUT2D eigenvalue weighted by atomic mass is 32.1. The molecule has 1 unspecified atom stereocenters. The molecule has 0 spiro atoms. The minimum absolute atomic E-state index is 0.102. The smallest absolute Gasteiger partial charge is 0.243 e. The van der Waals surface area contributed by atoms with E-state index in [1.807, 2.05) is 12.3 Å². The molecule has 1 atom stereocenters. The predicted molar refractivity (Wildman–Crippen MR) is 64.4 cm³/mol. The summed E-state index contributed by atoms with van der Waals surface area (Å²) >= 11 is 1.65. The van der Waals surface area contributed by atoms with E-state index < -0.39 is 0 Å². The lowest BCUT2D eigenvalue weighted by molar-refractivity contribution is 0.342. The van der Waals surface area contributed by atoms with Crippen LogP contribution < -0.4 is 5.32 Å². The molecule has 0 saturated carbocycles. The Morgan fingerprint density at radius 3 is 2.94 bits per heavy atom. The van der Waals surface area contributed by atoms with Crippen LogP contribution in [0.1, 0.15) is 31.3 Å². The number of nitrogens with one attached hydrogen (secondary N) is 1. The van der Waals surface area contributed by atoms with Crippen molar-refractivity contribution in [1.82, 2.24) is 15.5 Å². The van der Waals surface area contributed by atoms with Crippen LogP contribution in [0.15, 0.2) is 15.3 Å². The van der Waals surface area contributed by atoms with Crippen molar-refractivity contribution in [2.75, 3.05) is 6.54 Å². The van der Waals surface area contributed by atoms with Crippen LogP contribution in [-0.2, 0) is 0 Å². The Morgan fingerprint density at radius 1 is 1.50 bits per heavy atom. The average Bonchev–Trinajstić information content (AvgIpc) is 2.86. The fraction of sp³-hybridized carbons (Fsp3) is 0.455. The van der Waals surface area contributed by atoms with Gasteiger partial charge in [-0.2, -0.15) is 16.3 Å². The molecular formula is C11H15N3OS. The second kappa shape index (κ2) is 4.76. The Hall–Kier alpha value is -1.20. The summed E-state index contributed by atoms with van der Waals surface area (Å²) < 4.78 is 5.24. The van der Waals surface area contributed by atoms with Gasteiger partial charge in [-0.05, 0) is 31.3 Å². The summed E-state index contributed by atoms with van der Waals surface area (Å²) in [5.41, 5.74) is 2.25. The van der Waals surface area contributed by atoms with Crippen molar-refractivity contribution in [3.05, 3.63) is 22.2 Å². The topological polar surface area (TPSA) is 51.0 Å². The van der Waals surface area contributed by atoms with Gasteiger partial charge in [0.1, 0.15) is 0 Å². The first-order valence-electron chi connectivity index (χ1n) is 5.32. The molecule has 16 heavy (non-hydrogen) atoms. The van der Waals surface area contributed by atoms with E-state index in [2.05, 4.69) is 34.7 Å². The summed E-state index contributed by atoms with van der Waals surface area (Å²) in [5.74, 6) is 1.32. The number of hydrogen-bond donors (Lipinski definition) is 1. The molecule has 0 aliphatic heterocycles. The van der Waals surface area contributed by atoms with Gasteiger partial charge in [-0.25, -0.2) is 0 Å². The number of aromatic nitrogens is 2. The summed E-state index contributed by atoms with van der Waals surface area (Å²) in [6.45, 7) is 7.00. The Balaban J connectivity index is 2.23. The van der Waals surface area contributed by atoms with Gasteiger partial charge in [0, 0.05) is 10.9 Å². The van der Waals surface area contributed by atoms with E-state index in [4.69, 9.17) is 4.52 Å². The second-order valence-corrected chi connectivity index (χ2v) is 4.45. The van der Waals surface area contributed by atoms with Crippen LogP contribution in [0.5, 0.6) is 0 Å². The van der Waals surface area contributed by atoms with Gasteiger partial charge in [0.2, 0.25) is 11.7 Å². The molecule has 0 aromatic carbocycles. The summed E-state index contributed by atoms with van der Waals surface area (Å²) in [6.07, 6.45) is 0. The molecule has 2 rings (SSSR count). The van der Waals surface area contributed by atoms with Gasteiger partial charge in [0.25, 0.3) is 0 Å². The third kappa shape index (κ3) is 2.15. The van der Waals surface area contributed by atoms with Gasteiger partial charge < -0.3 is 9.84 Å². The zero-order valence-electron chi connectivity index (χ0n) is 9.65. The zero-order chi connectivity index (χ0) is 11.5. The standard InChI is InChI=1S/C11H15N3OS/c1-4-12-8(3)11-13-10(14-15-11)9-6-16-5-7(9)2/h5-6,8,12H,4H2,1-3H3. The molecule has 0 saturated heterocycles. The van der Waals surface area contributed by atoms with E-state index in [-0.39, 0.29) is 6.04 Å². The monoisotopic (exact) mass is 237 g/mol. The lowest BCUT2D eigenvalue weighted by Crippen LogP contribution is -2.17. The maximum Gasteiger partial charge on any atom is 0.243 e. The highest BCUT2D eigenvalue weighted by Crippen LogP contribution is 2.25. The Labute approximate surface area is 98.7 Å². The van der Waals surface area contributed by atoms with Crippen molar-refractivity contribution >= 4 is 11.3 Å². The van der Waals surface area contributed by atoms with E-state index in [9.17, 15) is 0 Å². The van der Waals surface area contributed by atoms with Gasteiger partial charge in [-0.3, -0.25) is 0 Å². The van der Waals surface area contributed by atoms with Gasteiger partial charge in [0.15, 0.2) is 0 Å². The van der Waals surface area contributed by atoms with Crippen LogP contribution in [-0.4, -0.2) is 16.7 Å². The third-order valence-electron chi connectivity index (χ3n) is 2.42. The predicted octanol–water partition coefficient (Wildman–Crippen LogP) is 2.78. The van der Waals surface area contributed by atoms with Gasteiger partial charge in [0.05, 0.1) is 6.04 Å². The SMILES string of the molecule is CCNC(C)c1nc(-c2cscc2C)no1. The lowest BCUT2D eigenvalue weighted by atomic mass is 10.2. The van der Waals surface area contributed by atoms with Gasteiger partial charge in [-0.15, -0.1) is 0 Å². The zero-order valence-corrected chi connectivity index (χ0v) is 10.5. The fourth-order valence-electron chi connectivity index (χ4n) is 1.50. The maximum atomic E-state index is 5.24. The van der Waals surface area contributed by atoms with Crippen molar-refractivity contribution in [3.63, 3.8) is 0 Å². The van der Waals surface area contributed by atoms with E-state index in [1.165, 1.54) is 5.56 Å². The quantitative estimate of drug-likeness (QED) is 0.888. The largest absolute Gasteiger partial charge is 0.337 e. The van der Waals surface area contributed by atoms with E-state index in [0.717, 1.165) is 12.1 Å². The molecule has 0 bridgehead atoms. The molecule has 0 aliphatic rings. The number of thiophene rings is 1. The van der Waals surface area contributed by atoms with Gasteiger partial charge >= 0.3 is 0 Å². The minimum Gasteiger partial charge on any atom is -0.337 e. The summed E-state index contributed by atoms with van der Waals surface area (Å²) in [4.78, 5) is 4.40. The van der Waals surface area contributed by atoms with Crippen LogP contribution in [0.2, 0.25) is 0 Å². The van der Waals surface area contributed by atoms with E-state index in [1.54, 1.807) is 11.3 Å². The second-order valence-electron chi connectivity index (χ2n) is 3.70. The van der Waals surface area contributed by atoms with Crippen molar-refractivity contribution in [1.29, 1.82) is 0 Å². The summed E-state index contributed by atoms with van der Waals surface area (Å²) in [6, 6.07) is 0.102. The minimum atomic E-state index is 0.102. The molecule has 0 aliphatic carbocycles. The first-order valence-corrected chi connectivity index (χ1v) is 6.26. The van der Waals surface area contributed by atoms with Crippen LogP contribution >= 0.6 is 11.3 Å². The molecule has 5 heteroatoms. The maximum absolute atomic E-state index is 5.24. The molecular weight excluding hydrogens is 222 g/mol. The van der Waals surface area contributed by atoms with Crippen LogP contribution in [0.4, 0.5) is 0 Å². The number of nitrogens with zero attached hydrogens (tertiary/aromatic N) is 2. The molecule has 2 aromatic rings. The molecule has 1 N–H and O–H groups in total. The van der Waals surface area contributed by atoms with Crippen molar-refractivity contribution < 1.29 is 4.52 Å². The van der Waals surface area contributed by atoms with Crippen molar-refractivity contribution in [3.8, 4) is 11.4 Å². The first-order chi connectivity index (χ1) is 7.72. The number of hydrogen-bond acceptors (Lipinski definition) is 5. The average molecular weight is 237 g/mol. The summed E-state index contributed by atoms with van der Waals surface area (Å²) in [7, 11) is 0. The van der Waals surface area contributed by atoms with Gasteiger partial charge in [-0.1, -0.05) is 12.1 Å². The molecule has 0 amide bonds. The number of rotatable bonds is 4. The van der Waals surface area contributed by atoms with Crippen molar-refractivity contribution in [2.45, 2.75) is 26.8 Å². The fourth-order valence-corrected chi connectivity index (χ4v) is 2.33. The Bertz CT molecular complexity index is 463. The Morgan fingerprint density at radius 2 is 2.31 bits per heavy atom. The molecule has 2 aromatic heterocycles. The lowest BCUT2D eigenvalue weighted by Gasteiger charge is -2.04. The highest BCUT2D eigenvalue weighted by Gasteiger charge is 2.15. The van der Waals surface area contributed by atoms with Crippen LogP contribution in [0, 0.1) is 6.92 Å². The normalized spacial score (nSPS) is 12.9. The highest BCUT2D eigenvalue weighted by molar-refractivity contribution is 7.08. The van der Waals surface area contributed by atoms with Crippen molar-refractivity contribution in [2.24, 2.45) is 0 Å². The number of aryl methyl sites for hydroxylation is 1. The molecule has 2 heterocycles. The van der Waals surface area contributed by atoms with Crippen LogP contribution in [0.25, 0.3) is 11.4 Å². The van der Waals surface area contributed by atoms with E-state index in [0.29, 0.717) is 11.7 Å². The molecule has 4 nitrogen and oxygen atoms in total. The third-order valence-corrected chi connectivity index (χ3v) is 3.28. The van der Waals surface area contributed by atoms with Crippen LogP contribution in [0.3, 0.4) is 0 Å². The molecule has 0 radical (unpaired) electrons. The molecule has 86 valence electrons. The Kier molecular flexibility index (Phi) is 3.36.